The van der Waals surface area contributed by atoms with E-state index in [9.17, 15) is 4.79 Å². The summed E-state index contributed by atoms with van der Waals surface area (Å²) in [6.45, 7) is 0.698. The molecular formula is C13H14N2O2. The number of benzene rings is 1. The Morgan fingerprint density at radius 1 is 1.41 bits per heavy atom. The van der Waals surface area contributed by atoms with Crippen molar-refractivity contribution in [1.29, 1.82) is 0 Å². The highest BCUT2D eigenvalue weighted by Gasteiger charge is 2.09. The number of carboxylic acid groups (broad SMARTS) is 1. The molecule has 0 aliphatic heterocycles. The highest BCUT2D eigenvalue weighted by atomic mass is 16.4. The fourth-order valence-electron chi connectivity index (χ4n) is 1.81. The van der Waals surface area contributed by atoms with Crippen molar-refractivity contribution in [3.05, 3.63) is 41.7 Å². The minimum atomic E-state index is -0.905. The molecule has 0 aliphatic carbocycles. The molecule has 1 aromatic carbocycles. The van der Waals surface area contributed by atoms with Gasteiger partial charge >= 0.3 is 5.97 Å². The fourth-order valence-corrected chi connectivity index (χ4v) is 1.81. The van der Waals surface area contributed by atoms with Crippen molar-refractivity contribution in [1.82, 2.24) is 9.88 Å². The normalized spacial score (nSPS) is 11.0. The molecule has 0 atom stereocenters. The van der Waals surface area contributed by atoms with Crippen molar-refractivity contribution < 1.29 is 9.90 Å². The van der Waals surface area contributed by atoms with Crippen LogP contribution in [0.4, 0.5) is 0 Å². The smallest absolute Gasteiger partial charge is 0.336 e. The van der Waals surface area contributed by atoms with Gasteiger partial charge in [-0.15, -0.1) is 0 Å². The third-order valence-electron chi connectivity index (χ3n) is 2.53. The van der Waals surface area contributed by atoms with Crippen molar-refractivity contribution in [3.8, 4) is 0 Å². The van der Waals surface area contributed by atoms with Crippen LogP contribution in [0.25, 0.3) is 10.8 Å². The van der Waals surface area contributed by atoms with Crippen LogP contribution in [-0.2, 0) is 6.54 Å². The van der Waals surface area contributed by atoms with Gasteiger partial charge in [-0.2, -0.15) is 0 Å². The van der Waals surface area contributed by atoms with Crippen molar-refractivity contribution in [2.75, 3.05) is 14.1 Å². The van der Waals surface area contributed by atoms with Gasteiger partial charge in [-0.1, -0.05) is 12.1 Å². The van der Waals surface area contributed by atoms with Crippen LogP contribution in [0.5, 0.6) is 0 Å². The predicted molar refractivity (Wildman–Crippen MR) is 66.1 cm³/mol. The van der Waals surface area contributed by atoms with E-state index in [0.717, 1.165) is 16.5 Å². The minimum absolute atomic E-state index is 0.324. The fraction of sp³-hybridized carbons (Fsp3) is 0.231. The minimum Gasteiger partial charge on any atom is -0.478 e. The number of aromatic nitrogens is 1. The number of nitrogens with zero attached hydrogens (tertiary/aromatic N) is 2. The van der Waals surface area contributed by atoms with E-state index < -0.39 is 5.97 Å². The zero-order valence-electron chi connectivity index (χ0n) is 9.84. The first kappa shape index (κ1) is 11.5. The summed E-state index contributed by atoms with van der Waals surface area (Å²) in [6, 6.07) is 7.07. The van der Waals surface area contributed by atoms with Crippen molar-refractivity contribution in [2.45, 2.75) is 6.54 Å². The molecule has 1 heterocycles. The van der Waals surface area contributed by atoms with Crippen LogP contribution in [0.2, 0.25) is 0 Å². The zero-order chi connectivity index (χ0) is 12.4. The molecule has 4 nitrogen and oxygen atoms in total. The maximum Gasteiger partial charge on any atom is 0.336 e. The summed E-state index contributed by atoms with van der Waals surface area (Å²) in [7, 11) is 3.91. The summed E-state index contributed by atoms with van der Waals surface area (Å²) >= 11 is 0. The average molecular weight is 230 g/mol. The van der Waals surface area contributed by atoms with Crippen molar-refractivity contribution >= 4 is 16.7 Å². The molecule has 0 fully saturated rings. The Balaban J connectivity index is 2.57. The van der Waals surface area contributed by atoms with E-state index in [1.54, 1.807) is 18.3 Å². The summed E-state index contributed by atoms with van der Waals surface area (Å²) in [5.74, 6) is -0.905. The maximum atomic E-state index is 11.1. The van der Waals surface area contributed by atoms with E-state index in [1.807, 2.05) is 31.1 Å². The third kappa shape index (κ3) is 2.42. The lowest BCUT2D eigenvalue weighted by Crippen LogP contribution is -2.12. The molecule has 0 bridgehead atoms. The van der Waals surface area contributed by atoms with Crippen LogP contribution < -0.4 is 0 Å². The molecule has 0 amide bonds. The van der Waals surface area contributed by atoms with E-state index in [2.05, 4.69) is 4.98 Å². The lowest BCUT2D eigenvalue weighted by molar-refractivity contribution is 0.0699. The van der Waals surface area contributed by atoms with Gasteiger partial charge in [0.1, 0.15) is 0 Å². The standard InChI is InChI=1S/C13H14N2O2/c1-15(2)8-10-6-12-9(7-14-10)4-3-5-11(12)13(16)17/h3-7H,8H2,1-2H3,(H,16,17). The zero-order valence-corrected chi connectivity index (χ0v) is 9.84. The van der Waals surface area contributed by atoms with Gasteiger partial charge in [-0.05, 0) is 31.6 Å². The van der Waals surface area contributed by atoms with Crippen LogP contribution in [-0.4, -0.2) is 35.1 Å². The third-order valence-corrected chi connectivity index (χ3v) is 2.53. The number of hydrogen-bond donors (Lipinski definition) is 1. The number of carbonyl (C=O) groups is 1. The summed E-state index contributed by atoms with van der Waals surface area (Å²) in [5, 5.41) is 10.7. The van der Waals surface area contributed by atoms with Gasteiger partial charge in [0.2, 0.25) is 0 Å². The Hall–Kier alpha value is -1.94. The molecule has 0 radical (unpaired) electrons. The van der Waals surface area contributed by atoms with Gasteiger partial charge in [0.15, 0.2) is 0 Å². The molecule has 0 unspecified atom stereocenters. The molecule has 1 aromatic heterocycles. The average Bonchev–Trinajstić information content (AvgIpc) is 2.27. The Bertz CT molecular complexity index is 564. The summed E-state index contributed by atoms with van der Waals surface area (Å²) in [6.07, 6.45) is 1.72. The first-order chi connectivity index (χ1) is 8.08. The molecule has 17 heavy (non-hydrogen) atoms. The van der Waals surface area contributed by atoms with Crippen LogP contribution >= 0.6 is 0 Å². The van der Waals surface area contributed by atoms with Crippen LogP contribution in [0.3, 0.4) is 0 Å². The van der Waals surface area contributed by atoms with E-state index in [4.69, 9.17) is 5.11 Å². The number of carboxylic acids is 1. The second-order valence-electron chi connectivity index (χ2n) is 4.25. The van der Waals surface area contributed by atoms with E-state index in [1.165, 1.54) is 0 Å². The molecule has 2 aromatic rings. The molecule has 1 N–H and O–H groups in total. The maximum absolute atomic E-state index is 11.1. The van der Waals surface area contributed by atoms with Crippen LogP contribution in [0.1, 0.15) is 16.1 Å². The topological polar surface area (TPSA) is 53.4 Å². The number of pyridine rings is 1. The van der Waals surface area contributed by atoms with Gasteiger partial charge in [0.05, 0.1) is 11.3 Å². The van der Waals surface area contributed by atoms with Gasteiger partial charge in [-0.25, -0.2) is 4.79 Å². The van der Waals surface area contributed by atoms with Gasteiger partial charge in [-0.3, -0.25) is 4.98 Å². The first-order valence-corrected chi connectivity index (χ1v) is 5.33. The second kappa shape index (κ2) is 4.51. The number of rotatable bonds is 3. The van der Waals surface area contributed by atoms with Gasteiger partial charge < -0.3 is 10.0 Å². The van der Waals surface area contributed by atoms with E-state index >= 15 is 0 Å². The van der Waals surface area contributed by atoms with Crippen LogP contribution in [0.15, 0.2) is 30.5 Å². The molecule has 0 spiro atoms. The SMILES string of the molecule is CN(C)Cc1cc2c(C(=O)O)cccc2cn1. The highest BCUT2D eigenvalue weighted by molar-refractivity contribution is 6.03. The number of fused-ring (bicyclic) bond motifs is 1. The summed E-state index contributed by atoms with van der Waals surface area (Å²) in [5.41, 5.74) is 1.20. The molecule has 0 saturated carbocycles. The second-order valence-corrected chi connectivity index (χ2v) is 4.25. The highest BCUT2D eigenvalue weighted by Crippen LogP contribution is 2.19. The Kier molecular flexibility index (Phi) is 3.06. The largest absolute Gasteiger partial charge is 0.478 e. The Morgan fingerprint density at radius 3 is 2.82 bits per heavy atom. The quantitative estimate of drug-likeness (QED) is 0.876. The van der Waals surface area contributed by atoms with Crippen LogP contribution in [0, 0.1) is 0 Å². The van der Waals surface area contributed by atoms with Crippen molar-refractivity contribution in [2.24, 2.45) is 0 Å². The lowest BCUT2D eigenvalue weighted by atomic mass is 10.1. The first-order valence-electron chi connectivity index (χ1n) is 5.33. The predicted octanol–water partition coefficient (Wildman–Crippen LogP) is 1.99. The van der Waals surface area contributed by atoms with Gasteiger partial charge in [0.25, 0.3) is 0 Å². The summed E-state index contributed by atoms with van der Waals surface area (Å²) in [4.78, 5) is 17.4. The molecule has 2 rings (SSSR count). The van der Waals surface area contributed by atoms with Crippen molar-refractivity contribution in [3.63, 3.8) is 0 Å². The number of hydrogen-bond acceptors (Lipinski definition) is 3. The van der Waals surface area contributed by atoms with Gasteiger partial charge in [0, 0.05) is 18.1 Å². The van der Waals surface area contributed by atoms with E-state index in [0.29, 0.717) is 12.1 Å². The molecule has 4 heteroatoms. The summed E-state index contributed by atoms with van der Waals surface area (Å²) < 4.78 is 0. The Labute approximate surface area is 99.5 Å². The molecule has 0 aliphatic rings. The number of aromatic carboxylic acids is 1. The molecular weight excluding hydrogens is 216 g/mol. The monoisotopic (exact) mass is 230 g/mol. The molecule has 88 valence electrons. The molecule has 0 saturated heterocycles. The lowest BCUT2D eigenvalue weighted by Gasteiger charge is -2.10. The van der Waals surface area contributed by atoms with E-state index in [-0.39, 0.29) is 0 Å². The Morgan fingerprint density at radius 2 is 2.18 bits per heavy atom.